The van der Waals surface area contributed by atoms with Crippen molar-refractivity contribution in [1.29, 1.82) is 0 Å². The molecule has 18 heavy (non-hydrogen) atoms. The van der Waals surface area contributed by atoms with Crippen LogP contribution in [0.2, 0.25) is 0 Å². The van der Waals surface area contributed by atoms with Gasteiger partial charge in [-0.3, -0.25) is 9.59 Å². The molecule has 0 aromatic carbocycles. The fraction of sp³-hybridized carbons (Fsp3) is 0.600. The molecule has 0 atom stereocenters. The van der Waals surface area contributed by atoms with E-state index >= 15 is 0 Å². The van der Waals surface area contributed by atoms with Gasteiger partial charge in [-0.2, -0.15) is 0 Å². The Bertz CT molecular complexity index is 418. The highest BCUT2D eigenvalue weighted by Gasteiger charge is 2.17. The molecule has 0 aliphatic rings. The van der Waals surface area contributed by atoms with Gasteiger partial charge in [0.1, 0.15) is 6.54 Å². The number of aliphatic hydroxyl groups excluding tert-OH is 1. The third kappa shape index (κ3) is 3.81. The molecule has 1 heterocycles. The van der Waals surface area contributed by atoms with E-state index in [9.17, 15) is 9.59 Å². The number of carboxylic acids is 1. The van der Waals surface area contributed by atoms with Crippen LogP contribution in [0.5, 0.6) is 0 Å². The van der Waals surface area contributed by atoms with Crippen LogP contribution in [0.4, 0.5) is 0 Å². The lowest BCUT2D eigenvalue weighted by Gasteiger charge is -2.18. The lowest BCUT2D eigenvalue weighted by atomic mass is 10.3. The highest BCUT2D eigenvalue weighted by atomic mass is 16.4. The maximum atomic E-state index is 12.0. The number of hydrogen-bond acceptors (Lipinski definition) is 5. The van der Waals surface area contributed by atoms with Gasteiger partial charge < -0.3 is 15.1 Å². The van der Waals surface area contributed by atoms with E-state index in [-0.39, 0.29) is 24.8 Å². The molecular weight excluding hydrogens is 240 g/mol. The molecular formula is C10H16N4O4. The van der Waals surface area contributed by atoms with Crippen LogP contribution in [0, 0.1) is 0 Å². The van der Waals surface area contributed by atoms with Crippen LogP contribution in [-0.4, -0.2) is 61.7 Å². The van der Waals surface area contributed by atoms with Gasteiger partial charge >= 0.3 is 5.97 Å². The second-order valence-corrected chi connectivity index (χ2v) is 3.66. The Morgan fingerprint density at radius 1 is 1.50 bits per heavy atom. The van der Waals surface area contributed by atoms with Crippen molar-refractivity contribution < 1.29 is 19.8 Å². The number of carbonyl (C=O) groups is 2. The van der Waals surface area contributed by atoms with Crippen LogP contribution in [0.25, 0.3) is 0 Å². The van der Waals surface area contributed by atoms with Gasteiger partial charge in [0, 0.05) is 19.7 Å². The first-order valence-electron chi connectivity index (χ1n) is 5.60. The summed E-state index contributed by atoms with van der Waals surface area (Å²) in [5.74, 6) is -1.37. The molecule has 0 unspecified atom stereocenters. The minimum absolute atomic E-state index is 0.00941. The molecule has 0 radical (unpaired) electrons. The van der Waals surface area contributed by atoms with Crippen LogP contribution < -0.4 is 0 Å². The minimum Gasteiger partial charge on any atom is -0.480 e. The SMILES string of the molecule is CCN(CCCO)C(=O)c1cn(CC(=O)O)nn1. The average Bonchev–Trinajstić information content (AvgIpc) is 2.77. The van der Waals surface area contributed by atoms with Crippen molar-refractivity contribution in [1.82, 2.24) is 19.9 Å². The molecule has 0 spiro atoms. The average molecular weight is 256 g/mol. The molecule has 8 heteroatoms. The first kappa shape index (κ1) is 14.1. The van der Waals surface area contributed by atoms with E-state index in [1.165, 1.54) is 11.1 Å². The second kappa shape index (κ2) is 6.70. The van der Waals surface area contributed by atoms with Crippen molar-refractivity contribution in [2.75, 3.05) is 19.7 Å². The van der Waals surface area contributed by atoms with Gasteiger partial charge in [0.25, 0.3) is 5.91 Å². The molecule has 0 aliphatic heterocycles. The van der Waals surface area contributed by atoms with Crippen LogP contribution in [-0.2, 0) is 11.3 Å². The lowest BCUT2D eigenvalue weighted by molar-refractivity contribution is -0.137. The Morgan fingerprint density at radius 2 is 2.22 bits per heavy atom. The van der Waals surface area contributed by atoms with E-state index < -0.39 is 5.97 Å². The zero-order valence-corrected chi connectivity index (χ0v) is 10.1. The van der Waals surface area contributed by atoms with Crippen molar-refractivity contribution in [3.05, 3.63) is 11.9 Å². The molecule has 1 aromatic rings. The van der Waals surface area contributed by atoms with Crippen molar-refractivity contribution in [3.8, 4) is 0 Å². The number of nitrogens with zero attached hydrogens (tertiary/aromatic N) is 4. The second-order valence-electron chi connectivity index (χ2n) is 3.66. The van der Waals surface area contributed by atoms with Crippen molar-refractivity contribution in [3.63, 3.8) is 0 Å². The van der Waals surface area contributed by atoms with E-state index in [0.717, 1.165) is 4.68 Å². The fourth-order valence-electron chi connectivity index (χ4n) is 1.44. The van der Waals surface area contributed by atoms with Crippen molar-refractivity contribution in [2.24, 2.45) is 0 Å². The number of rotatable bonds is 7. The van der Waals surface area contributed by atoms with E-state index in [1.807, 2.05) is 6.92 Å². The Morgan fingerprint density at radius 3 is 2.78 bits per heavy atom. The van der Waals surface area contributed by atoms with Crippen molar-refractivity contribution in [2.45, 2.75) is 19.9 Å². The molecule has 0 saturated heterocycles. The van der Waals surface area contributed by atoms with Gasteiger partial charge in [0.05, 0.1) is 6.20 Å². The Balaban J connectivity index is 2.69. The topological polar surface area (TPSA) is 109 Å². The summed E-state index contributed by atoms with van der Waals surface area (Å²) in [4.78, 5) is 23.9. The fourth-order valence-corrected chi connectivity index (χ4v) is 1.44. The Labute approximate surface area is 104 Å². The summed E-state index contributed by atoms with van der Waals surface area (Å²) in [7, 11) is 0. The standard InChI is InChI=1S/C10H16N4O4/c1-2-13(4-3-5-15)10(18)8-6-14(12-11-8)7-9(16)17/h6,15H,2-5,7H2,1H3,(H,16,17). The zero-order chi connectivity index (χ0) is 13.5. The summed E-state index contributed by atoms with van der Waals surface area (Å²) in [5, 5.41) is 24.5. The minimum atomic E-state index is -1.05. The van der Waals surface area contributed by atoms with Crippen molar-refractivity contribution >= 4 is 11.9 Å². The number of aliphatic hydroxyl groups is 1. The van der Waals surface area contributed by atoms with Gasteiger partial charge in [-0.15, -0.1) is 5.10 Å². The zero-order valence-electron chi connectivity index (χ0n) is 10.1. The Hall–Kier alpha value is -1.96. The van der Waals surface area contributed by atoms with Gasteiger partial charge in [0.2, 0.25) is 0 Å². The first-order valence-corrected chi connectivity index (χ1v) is 5.60. The van der Waals surface area contributed by atoms with E-state index in [1.54, 1.807) is 0 Å². The summed E-state index contributed by atoms with van der Waals surface area (Å²) < 4.78 is 1.09. The maximum absolute atomic E-state index is 12.0. The third-order valence-corrected chi connectivity index (χ3v) is 2.31. The third-order valence-electron chi connectivity index (χ3n) is 2.31. The number of carboxylic acid groups (broad SMARTS) is 1. The highest BCUT2D eigenvalue weighted by molar-refractivity contribution is 5.91. The molecule has 1 rings (SSSR count). The number of amides is 1. The summed E-state index contributed by atoms with van der Waals surface area (Å²) in [6, 6.07) is 0. The molecule has 0 aliphatic carbocycles. The maximum Gasteiger partial charge on any atom is 0.325 e. The predicted octanol–water partition coefficient (Wildman–Crippen LogP) is -0.793. The van der Waals surface area contributed by atoms with Gasteiger partial charge in [-0.05, 0) is 13.3 Å². The number of aromatic nitrogens is 3. The molecule has 1 aromatic heterocycles. The number of hydrogen-bond donors (Lipinski definition) is 2. The van der Waals surface area contributed by atoms with E-state index in [0.29, 0.717) is 19.5 Å². The predicted molar refractivity (Wildman–Crippen MR) is 60.9 cm³/mol. The molecule has 0 bridgehead atoms. The Kier molecular flexibility index (Phi) is 5.25. The van der Waals surface area contributed by atoms with Gasteiger partial charge in [-0.25, -0.2) is 4.68 Å². The van der Waals surface area contributed by atoms with Crippen LogP contribution >= 0.6 is 0 Å². The molecule has 100 valence electrons. The lowest BCUT2D eigenvalue weighted by Crippen LogP contribution is -2.32. The molecule has 2 N–H and O–H groups in total. The monoisotopic (exact) mass is 256 g/mol. The molecule has 0 saturated carbocycles. The van der Waals surface area contributed by atoms with E-state index in [4.69, 9.17) is 10.2 Å². The summed E-state index contributed by atoms with van der Waals surface area (Å²) in [6.45, 7) is 2.41. The summed E-state index contributed by atoms with van der Waals surface area (Å²) >= 11 is 0. The van der Waals surface area contributed by atoms with Crippen LogP contribution in [0.15, 0.2) is 6.20 Å². The highest BCUT2D eigenvalue weighted by Crippen LogP contribution is 2.02. The summed E-state index contributed by atoms with van der Waals surface area (Å²) in [5.41, 5.74) is 0.107. The van der Waals surface area contributed by atoms with Crippen LogP contribution in [0.1, 0.15) is 23.8 Å². The molecule has 0 fully saturated rings. The smallest absolute Gasteiger partial charge is 0.325 e. The first-order chi connectivity index (χ1) is 8.58. The summed E-state index contributed by atoms with van der Waals surface area (Å²) in [6.07, 6.45) is 1.79. The van der Waals surface area contributed by atoms with Gasteiger partial charge in [-0.1, -0.05) is 5.21 Å². The largest absolute Gasteiger partial charge is 0.480 e. The van der Waals surface area contributed by atoms with Crippen LogP contribution in [0.3, 0.4) is 0 Å². The molecule has 8 nitrogen and oxygen atoms in total. The quantitative estimate of drug-likeness (QED) is 0.661. The normalized spacial score (nSPS) is 10.3. The van der Waals surface area contributed by atoms with Gasteiger partial charge in [0.15, 0.2) is 5.69 Å². The number of carbonyl (C=O) groups excluding carboxylic acids is 1. The number of aliphatic carboxylic acids is 1. The van der Waals surface area contributed by atoms with E-state index in [2.05, 4.69) is 10.3 Å². The molecule has 1 amide bonds.